The molecule has 2 heteroatoms. The van der Waals surface area contributed by atoms with E-state index in [0.29, 0.717) is 6.04 Å². The monoisotopic (exact) mass is 219 g/mol. The Morgan fingerprint density at radius 1 is 1.31 bits per heavy atom. The molecule has 2 N–H and O–H groups in total. The first-order valence-corrected chi connectivity index (χ1v) is 5.73. The summed E-state index contributed by atoms with van der Waals surface area (Å²) in [5.74, 6) is 0. The lowest BCUT2D eigenvalue weighted by atomic mass is 10.1. The molecule has 0 heterocycles. The van der Waals surface area contributed by atoms with E-state index in [4.69, 9.17) is 0 Å². The lowest BCUT2D eigenvalue weighted by Crippen LogP contribution is -2.24. The Bertz CT molecular complexity index is 330. The Kier molecular flexibility index (Phi) is 5.23. The van der Waals surface area contributed by atoms with Gasteiger partial charge < -0.3 is 10.4 Å². The molecule has 0 amide bonds. The van der Waals surface area contributed by atoms with Crippen LogP contribution in [0.15, 0.2) is 42.0 Å². The summed E-state index contributed by atoms with van der Waals surface area (Å²) < 4.78 is 0. The number of nitrogens with one attached hydrogen (secondary N) is 1. The van der Waals surface area contributed by atoms with Gasteiger partial charge in [0.2, 0.25) is 0 Å². The molecule has 0 saturated heterocycles. The first kappa shape index (κ1) is 12.9. The van der Waals surface area contributed by atoms with Crippen molar-refractivity contribution < 1.29 is 5.11 Å². The summed E-state index contributed by atoms with van der Waals surface area (Å²) in [5, 5.41) is 13.3. The standard InChI is InChI=1S/C14H21NO/c1-11(2)15-10-12(3)9-14(16)13-7-5-4-6-8-13/h4-9,11,14-16H,10H2,1-3H3/b12-9-. The molecule has 0 spiro atoms. The first-order chi connectivity index (χ1) is 7.59. The van der Waals surface area contributed by atoms with E-state index in [9.17, 15) is 5.11 Å². The van der Waals surface area contributed by atoms with Crippen LogP contribution in [0.3, 0.4) is 0 Å². The highest BCUT2D eigenvalue weighted by molar-refractivity contribution is 5.22. The highest BCUT2D eigenvalue weighted by atomic mass is 16.3. The van der Waals surface area contributed by atoms with Gasteiger partial charge in [0.1, 0.15) is 0 Å². The van der Waals surface area contributed by atoms with Crippen molar-refractivity contribution in [2.45, 2.75) is 32.9 Å². The summed E-state index contributed by atoms with van der Waals surface area (Å²) in [7, 11) is 0. The second kappa shape index (κ2) is 6.46. The van der Waals surface area contributed by atoms with Crippen LogP contribution in [-0.2, 0) is 0 Å². The van der Waals surface area contributed by atoms with Crippen molar-refractivity contribution in [3.05, 3.63) is 47.5 Å². The topological polar surface area (TPSA) is 32.3 Å². The van der Waals surface area contributed by atoms with Crippen LogP contribution in [0, 0.1) is 0 Å². The molecule has 0 aliphatic rings. The molecule has 0 aromatic heterocycles. The number of hydrogen-bond donors (Lipinski definition) is 2. The van der Waals surface area contributed by atoms with Gasteiger partial charge in [-0.2, -0.15) is 0 Å². The summed E-state index contributed by atoms with van der Waals surface area (Å²) in [6.45, 7) is 7.07. The number of benzene rings is 1. The van der Waals surface area contributed by atoms with E-state index in [1.165, 1.54) is 0 Å². The Morgan fingerprint density at radius 3 is 2.50 bits per heavy atom. The van der Waals surface area contributed by atoms with Crippen molar-refractivity contribution in [3.63, 3.8) is 0 Å². The predicted molar refractivity (Wildman–Crippen MR) is 68.3 cm³/mol. The Labute approximate surface area is 98.0 Å². The van der Waals surface area contributed by atoms with Gasteiger partial charge in [-0.1, -0.05) is 55.8 Å². The van der Waals surface area contributed by atoms with Gasteiger partial charge in [0, 0.05) is 12.6 Å². The Hall–Kier alpha value is -1.12. The Morgan fingerprint density at radius 2 is 1.94 bits per heavy atom. The van der Waals surface area contributed by atoms with Crippen molar-refractivity contribution in [1.29, 1.82) is 0 Å². The fourth-order valence-electron chi connectivity index (χ4n) is 1.44. The van der Waals surface area contributed by atoms with E-state index in [1.54, 1.807) is 0 Å². The third kappa shape index (κ3) is 4.60. The van der Waals surface area contributed by atoms with Crippen molar-refractivity contribution >= 4 is 0 Å². The average Bonchev–Trinajstić information content (AvgIpc) is 2.27. The van der Waals surface area contributed by atoms with E-state index in [-0.39, 0.29) is 0 Å². The molecule has 1 aromatic carbocycles. The maximum absolute atomic E-state index is 9.95. The van der Waals surface area contributed by atoms with Gasteiger partial charge >= 0.3 is 0 Å². The molecule has 0 saturated carbocycles. The van der Waals surface area contributed by atoms with Crippen LogP contribution in [0.2, 0.25) is 0 Å². The van der Waals surface area contributed by atoms with Crippen molar-refractivity contribution in [3.8, 4) is 0 Å². The maximum Gasteiger partial charge on any atom is 0.0974 e. The fraction of sp³-hybridized carbons (Fsp3) is 0.429. The number of rotatable bonds is 5. The lowest BCUT2D eigenvalue weighted by molar-refractivity contribution is 0.227. The molecule has 1 atom stereocenters. The van der Waals surface area contributed by atoms with Crippen LogP contribution in [0.5, 0.6) is 0 Å². The third-order valence-corrected chi connectivity index (χ3v) is 2.37. The van der Waals surface area contributed by atoms with Crippen LogP contribution in [-0.4, -0.2) is 17.7 Å². The van der Waals surface area contributed by atoms with Crippen LogP contribution >= 0.6 is 0 Å². The fourth-order valence-corrected chi connectivity index (χ4v) is 1.44. The largest absolute Gasteiger partial charge is 0.384 e. The zero-order chi connectivity index (χ0) is 12.0. The number of aliphatic hydroxyl groups excluding tert-OH is 1. The third-order valence-electron chi connectivity index (χ3n) is 2.37. The second-order valence-corrected chi connectivity index (χ2v) is 4.40. The summed E-state index contributed by atoms with van der Waals surface area (Å²) in [5.41, 5.74) is 2.09. The van der Waals surface area contributed by atoms with Gasteiger partial charge in [-0.3, -0.25) is 0 Å². The summed E-state index contributed by atoms with van der Waals surface area (Å²) in [4.78, 5) is 0. The van der Waals surface area contributed by atoms with E-state index in [2.05, 4.69) is 19.2 Å². The highest BCUT2D eigenvalue weighted by Gasteiger charge is 2.03. The van der Waals surface area contributed by atoms with Crippen LogP contribution in [0.1, 0.15) is 32.4 Å². The van der Waals surface area contributed by atoms with Crippen molar-refractivity contribution in [1.82, 2.24) is 5.32 Å². The van der Waals surface area contributed by atoms with Gasteiger partial charge in [-0.25, -0.2) is 0 Å². The normalized spacial score (nSPS) is 14.2. The van der Waals surface area contributed by atoms with Gasteiger partial charge in [0.05, 0.1) is 6.10 Å². The molecule has 1 aromatic rings. The van der Waals surface area contributed by atoms with Gasteiger partial charge in [0.25, 0.3) is 0 Å². The summed E-state index contributed by atoms with van der Waals surface area (Å²) in [6, 6.07) is 10.2. The minimum Gasteiger partial charge on any atom is -0.384 e. The molecule has 88 valence electrons. The molecule has 1 rings (SSSR count). The molecule has 0 aliphatic carbocycles. The average molecular weight is 219 g/mol. The molecule has 0 aliphatic heterocycles. The van der Waals surface area contributed by atoms with Crippen molar-refractivity contribution in [2.24, 2.45) is 0 Å². The molecule has 2 nitrogen and oxygen atoms in total. The maximum atomic E-state index is 9.95. The summed E-state index contributed by atoms with van der Waals surface area (Å²) >= 11 is 0. The second-order valence-electron chi connectivity index (χ2n) is 4.40. The zero-order valence-corrected chi connectivity index (χ0v) is 10.3. The molecular weight excluding hydrogens is 198 g/mol. The SMILES string of the molecule is C/C(=C/C(O)c1ccccc1)CNC(C)C. The van der Waals surface area contributed by atoms with E-state index in [0.717, 1.165) is 17.7 Å². The molecular formula is C14H21NO. The zero-order valence-electron chi connectivity index (χ0n) is 10.3. The van der Waals surface area contributed by atoms with Crippen LogP contribution < -0.4 is 5.32 Å². The molecule has 1 unspecified atom stereocenters. The predicted octanol–water partition coefficient (Wildman–Crippen LogP) is 2.66. The minimum absolute atomic E-state index is 0.470. The van der Waals surface area contributed by atoms with E-state index >= 15 is 0 Å². The van der Waals surface area contributed by atoms with Crippen LogP contribution in [0.25, 0.3) is 0 Å². The highest BCUT2D eigenvalue weighted by Crippen LogP contribution is 2.14. The lowest BCUT2D eigenvalue weighted by Gasteiger charge is -2.11. The van der Waals surface area contributed by atoms with Crippen LogP contribution in [0.4, 0.5) is 0 Å². The smallest absolute Gasteiger partial charge is 0.0974 e. The van der Waals surface area contributed by atoms with E-state index in [1.807, 2.05) is 43.3 Å². The van der Waals surface area contributed by atoms with Gasteiger partial charge in [-0.05, 0) is 12.5 Å². The summed E-state index contributed by atoms with van der Waals surface area (Å²) in [6.07, 6.45) is 1.39. The van der Waals surface area contributed by atoms with Crippen molar-refractivity contribution in [2.75, 3.05) is 6.54 Å². The van der Waals surface area contributed by atoms with Gasteiger partial charge in [0.15, 0.2) is 0 Å². The molecule has 0 radical (unpaired) electrons. The Balaban J connectivity index is 2.55. The number of hydrogen-bond acceptors (Lipinski definition) is 2. The number of aliphatic hydroxyl groups is 1. The molecule has 0 bridgehead atoms. The van der Waals surface area contributed by atoms with Gasteiger partial charge in [-0.15, -0.1) is 0 Å². The molecule has 16 heavy (non-hydrogen) atoms. The molecule has 0 fully saturated rings. The first-order valence-electron chi connectivity index (χ1n) is 5.73. The minimum atomic E-state index is -0.504. The van der Waals surface area contributed by atoms with E-state index < -0.39 is 6.10 Å². The quantitative estimate of drug-likeness (QED) is 0.746.